The number of hydrogen-bond acceptors (Lipinski definition) is 9. The Balaban J connectivity index is 1.70. The number of aliphatic hydroxyl groups is 3. The third kappa shape index (κ3) is 13.4. The maximum Gasteiger partial charge on any atom is 0.229 e. The number of rotatable bonds is 19. The van der Waals surface area contributed by atoms with E-state index in [4.69, 9.17) is 10.4 Å². The smallest absolute Gasteiger partial charge is 0.229 e. The second kappa shape index (κ2) is 19.6. The second-order valence-corrected chi connectivity index (χ2v) is 10.6. The Labute approximate surface area is 243 Å². The number of benzene rings is 1. The van der Waals surface area contributed by atoms with Crippen molar-refractivity contribution in [2.24, 2.45) is 11.8 Å². The second-order valence-electron chi connectivity index (χ2n) is 10.6. The Morgan fingerprint density at radius 3 is 2.39 bits per heavy atom. The highest BCUT2D eigenvalue weighted by Gasteiger charge is 2.39. The van der Waals surface area contributed by atoms with Gasteiger partial charge in [0.15, 0.2) is 0 Å². The van der Waals surface area contributed by atoms with Crippen molar-refractivity contribution in [3.05, 3.63) is 60.2 Å². The number of imide groups is 1. The Hall–Kier alpha value is -2.44. The van der Waals surface area contributed by atoms with Gasteiger partial charge in [-0.2, -0.15) is 0 Å². The van der Waals surface area contributed by atoms with E-state index in [0.29, 0.717) is 57.9 Å². The zero-order valence-corrected chi connectivity index (χ0v) is 24.1. The van der Waals surface area contributed by atoms with E-state index < -0.39 is 18.3 Å². The highest BCUT2D eigenvalue weighted by Crippen LogP contribution is 2.36. The minimum absolute atomic E-state index is 0.126. The summed E-state index contributed by atoms with van der Waals surface area (Å²) in [5.41, 5.74) is 1.16. The average molecular weight is 577 g/mol. The Morgan fingerprint density at radius 2 is 1.71 bits per heavy atom. The number of unbranched alkanes of at least 4 members (excludes halogenated alkanes) is 3. The molecule has 5 N–H and O–H groups in total. The van der Waals surface area contributed by atoms with Crippen molar-refractivity contribution in [3.8, 4) is 0 Å². The van der Waals surface area contributed by atoms with Gasteiger partial charge in [0.25, 0.3) is 0 Å². The van der Waals surface area contributed by atoms with Crippen LogP contribution in [0.5, 0.6) is 0 Å². The zero-order valence-electron chi connectivity index (χ0n) is 24.1. The fourth-order valence-electron chi connectivity index (χ4n) is 5.22. The number of carbonyl (C=O) groups is 2. The highest BCUT2D eigenvalue weighted by atomic mass is 17.1. The summed E-state index contributed by atoms with van der Waals surface area (Å²) in [5, 5.41) is 48.0. The Morgan fingerprint density at radius 1 is 1.00 bits per heavy atom. The number of hydrogen-bond donors (Lipinski definition) is 5. The summed E-state index contributed by atoms with van der Waals surface area (Å²) < 4.78 is 0. The van der Waals surface area contributed by atoms with Crippen molar-refractivity contribution in [2.75, 3.05) is 13.2 Å². The van der Waals surface area contributed by atoms with Gasteiger partial charge in [0.2, 0.25) is 11.8 Å². The first-order chi connectivity index (χ1) is 19.7. The zero-order chi connectivity index (χ0) is 30.0. The molecule has 2 amide bonds. The number of amides is 2. The molecule has 1 saturated carbocycles. The third-order valence-electron chi connectivity index (χ3n) is 7.54. The van der Waals surface area contributed by atoms with Gasteiger partial charge in [-0.25, -0.2) is 0 Å². The quantitative estimate of drug-likeness (QED) is 0.0936. The summed E-state index contributed by atoms with van der Waals surface area (Å²) in [4.78, 5) is 30.7. The number of aryl methyl sites for hydroxylation is 1. The van der Waals surface area contributed by atoms with Crippen LogP contribution in [0.1, 0.15) is 76.7 Å². The molecule has 1 aliphatic rings. The van der Waals surface area contributed by atoms with Crippen molar-refractivity contribution >= 4 is 11.8 Å². The van der Waals surface area contributed by atoms with Crippen molar-refractivity contribution in [3.63, 3.8) is 0 Å². The Kier molecular flexibility index (Phi) is 16.7. The number of carbonyl (C=O) groups excluding carboxylic acids is 2. The van der Waals surface area contributed by atoms with Crippen LogP contribution in [-0.4, -0.2) is 79.3 Å². The van der Waals surface area contributed by atoms with E-state index in [9.17, 15) is 24.9 Å². The van der Waals surface area contributed by atoms with Gasteiger partial charge in [-0.15, -0.1) is 0 Å². The van der Waals surface area contributed by atoms with Crippen LogP contribution in [0.3, 0.4) is 0 Å². The largest absolute Gasteiger partial charge is 0.393 e. The normalized spacial score (nSPS) is 21.7. The molecule has 0 aromatic heterocycles. The van der Waals surface area contributed by atoms with Gasteiger partial charge in [0, 0.05) is 31.7 Å². The first-order valence-corrected chi connectivity index (χ1v) is 14.8. The lowest BCUT2D eigenvalue weighted by molar-refractivity contribution is -0.492. The predicted octanol–water partition coefficient (Wildman–Crippen LogP) is 3.96. The molecule has 0 bridgehead atoms. The molecule has 0 heterocycles. The SMILES string of the molecule is CCN(C(=O)CCC/C=C\C[C@@H]1[C@@H](/C=C/[C@@H](O)CCc2ccccc2)[C@H](O)C[C@@H]1O)C(=O)CCCCCON(O)O. The van der Waals surface area contributed by atoms with Gasteiger partial charge in [-0.05, 0) is 63.4 Å². The van der Waals surface area contributed by atoms with Crippen LogP contribution in [0.2, 0.25) is 0 Å². The fourth-order valence-corrected chi connectivity index (χ4v) is 5.22. The molecule has 1 aromatic rings. The molecule has 5 atom stereocenters. The maximum atomic E-state index is 12.6. The summed E-state index contributed by atoms with van der Waals surface area (Å²) in [6.07, 6.45) is 11.4. The van der Waals surface area contributed by atoms with Crippen molar-refractivity contribution in [1.29, 1.82) is 0 Å². The van der Waals surface area contributed by atoms with Crippen LogP contribution in [0, 0.1) is 11.8 Å². The third-order valence-corrected chi connectivity index (χ3v) is 7.54. The van der Waals surface area contributed by atoms with Crippen LogP contribution < -0.4 is 0 Å². The molecule has 0 spiro atoms. The van der Waals surface area contributed by atoms with Gasteiger partial charge < -0.3 is 15.3 Å². The van der Waals surface area contributed by atoms with E-state index in [1.807, 2.05) is 48.6 Å². The van der Waals surface area contributed by atoms with Crippen molar-refractivity contribution < 1.29 is 40.2 Å². The predicted molar refractivity (Wildman–Crippen MR) is 153 cm³/mol. The minimum atomic E-state index is -0.657. The molecular weight excluding hydrogens is 528 g/mol. The molecule has 0 unspecified atom stereocenters. The van der Waals surface area contributed by atoms with Crippen molar-refractivity contribution in [2.45, 2.75) is 95.9 Å². The molecule has 10 nitrogen and oxygen atoms in total. The monoisotopic (exact) mass is 576 g/mol. The molecule has 0 radical (unpaired) electrons. The fraction of sp³-hybridized carbons (Fsp3) is 0.613. The van der Waals surface area contributed by atoms with Crippen LogP contribution in [0.15, 0.2) is 54.6 Å². The number of aliphatic hydroxyl groups excluding tert-OH is 3. The molecule has 2 rings (SSSR count). The molecular formula is C31H48N2O8. The molecule has 41 heavy (non-hydrogen) atoms. The highest BCUT2D eigenvalue weighted by molar-refractivity contribution is 5.95. The first-order valence-electron chi connectivity index (χ1n) is 14.8. The first kappa shape index (κ1) is 34.8. The molecule has 10 heteroatoms. The minimum Gasteiger partial charge on any atom is -0.393 e. The van der Waals surface area contributed by atoms with E-state index >= 15 is 0 Å². The summed E-state index contributed by atoms with van der Waals surface area (Å²) in [7, 11) is 0. The summed E-state index contributed by atoms with van der Waals surface area (Å²) >= 11 is 0. The number of nitrogens with zero attached hydrogens (tertiary/aromatic N) is 2. The number of allylic oxidation sites excluding steroid dienone is 2. The van der Waals surface area contributed by atoms with Crippen molar-refractivity contribution in [1.82, 2.24) is 10.3 Å². The lowest BCUT2D eigenvalue weighted by atomic mass is 9.89. The summed E-state index contributed by atoms with van der Waals surface area (Å²) in [6, 6.07) is 9.96. The molecule has 230 valence electrons. The maximum absolute atomic E-state index is 12.6. The van der Waals surface area contributed by atoms with Crippen LogP contribution in [-0.2, 0) is 20.8 Å². The molecule has 1 aliphatic carbocycles. The topological polar surface area (TPSA) is 151 Å². The van der Waals surface area contributed by atoms with Gasteiger partial charge >= 0.3 is 0 Å². The van der Waals surface area contributed by atoms with E-state index in [1.54, 1.807) is 13.0 Å². The van der Waals surface area contributed by atoms with E-state index in [1.165, 1.54) is 4.90 Å². The van der Waals surface area contributed by atoms with Gasteiger partial charge in [-0.3, -0.25) is 29.7 Å². The average Bonchev–Trinajstić information content (AvgIpc) is 3.22. The lowest BCUT2D eigenvalue weighted by Crippen LogP contribution is -2.36. The summed E-state index contributed by atoms with van der Waals surface area (Å²) in [6.45, 7) is 2.22. The van der Waals surface area contributed by atoms with Crippen LogP contribution in [0.4, 0.5) is 0 Å². The van der Waals surface area contributed by atoms with Gasteiger partial charge in [-0.1, -0.05) is 61.1 Å². The van der Waals surface area contributed by atoms with E-state index in [-0.39, 0.29) is 48.5 Å². The molecule has 1 aromatic carbocycles. The van der Waals surface area contributed by atoms with Crippen LogP contribution in [0.25, 0.3) is 0 Å². The summed E-state index contributed by atoms with van der Waals surface area (Å²) in [5.74, 6) is -0.793. The van der Waals surface area contributed by atoms with Gasteiger partial charge in [0.05, 0.1) is 30.3 Å². The van der Waals surface area contributed by atoms with E-state index in [0.717, 1.165) is 12.0 Å². The van der Waals surface area contributed by atoms with Gasteiger partial charge in [0.1, 0.15) is 0 Å². The molecule has 0 aliphatic heterocycles. The molecule has 0 saturated heterocycles. The Bertz CT molecular complexity index is 939. The molecule has 1 fully saturated rings. The standard InChI is InChI=1S/C31H48N2O8/c1-2-32(31(38)17-11-6-12-22-41-33(39)40)30(37)16-10-4-3-9-15-26-27(29(36)23-28(26)35)21-20-25(34)19-18-24-13-7-5-8-14-24/h3,5,7-9,13-14,20-21,25-29,34-36,39-40H,2,4,6,10-12,15-19,22-23H2,1H3/b9-3-,21-20+/t25-,26+,27+,28-,29+/m0/s1. The van der Waals surface area contributed by atoms with Crippen LogP contribution >= 0.6 is 0 Å². The van der Waals surface area contributed by atoms with E-state index in [2.05, 4.69) is 4.84 Å². The lowest BCUT2D eigenvalue weighted by Gasteiger charge is -2.20.